The van der Waals surface area contributed by atoms with Crippen molar-refractivity contribution in [2.75, 3.05) is 13.1 Å². The van der Waals surface area contributed by atoms with Crippen LogP contribution in [0.25, 0.3) is 0 Å². The van der Waals surface area contributed by atoms with E-state index in [0.29, 0.717) is 6.54 Å². The minimum absolute atomic E-state index is 0.0217. The summed E-state index contributed by atoms with van der Waals surface area (Å²) in [6.07, 6.45) is 0.621. The van der Waals surface area contributed by atoms with E-state index in [-0.39, 0.29) is 35.5 Å². The Labute approximate surface area is 250 Å². The lowest BCUT2D eigenvalue weighted by Crippen LogP contribution is -2.60. The fraction of sp³-hybridized carbons (Fsp3) is 0.833. The van der Waals surface area contributed by atoms with Gasteiger partial charge in [0.1, 0.15) is 24.2 Å². The van der Waals surface area contributed by atoms with E-state index in [1.165, 1.54) is 4.90 Å². The number of carbonyl (C=O) groups excluding carboxylic acids is 5. The van der Waals surface area contributed by atoms with Gasteiger partial charge in [0.25, 0.3) is 5.91 Å². The molecule has 0 aromatic heterocycles. The summed E-state index contributed by atoms with van der Waals surface area (Å²) in [5, 5.41) is 7.02. The maximum Gasteiger partial charge on any atom is 0.408 e. The molecule has 2 unspecified atom stereocenters. The molecule has 0 bridgehead atoms. The van der Waals surface area contributed by atoms with Gasteiger partial charge in [0.05, 0.1) is 6.04 Å². The van der Waals surface area contributed by atoms with Crippen molar-refractivity contribution in [3.8, 4) is 0 Å². The number of ether oxygens (including phenoxy) is 1. The summed E-state index contributed by atoms with van der Waals surface area (Å²) in [6, 6.07) is -3.16. The number of nitrogens with zero attached hydrogens (tertiary/aromatic N) is 1. The molecule has 13 heteroatoms. The molecule has 0 radical (unpaired) electrons. The molecule has 3 aliphatic carbocycles. The number of fused-ring (bicyclic) bond motifs is 1. The van der Waals surface area contributed by atoms with Crippen LogP contribution in [0.3, 0.4) is 0 Å². The maximum absolute atomic E-state index is 14.2. The molecule has 0 aromatic rings. The number of hydrogen-bond acceptors (Lipinski definition) is 6. The number of piperidine rings is 1. The van der Waals surface area contributed by atoms with Crippen LogP contribution in [0.2, 0.25) is 0 Å². The molecule has 43 heavy (non-hydrogen) atoms. The Balaban J connectivity index is 1.53. The van der Waals surface area contributed by atoms with Crippen molar-refractivity contribution in [1.82, 2.24) is 20.9 Å². The maximum atomic E-state index is 14.2. The van der Waals surface area contributed by atoms with Crippen molar-refractivity contribution >= 4 is 29.6 Å². The molecule has 4 fully saturated rings. The van der Waals surface area contributed by atoms with E-state index in [0.717, 1.165) is 44.9 Å². The first-order chi connectivity index (χ1) is 19.9. The zero-order valence-corrected chi connectivity index (χ0v) is 25.6. The van der Waals surface area contributed by atoms with Gasteiger partial charge in [0.2, 0.25) is 17.6 Å². The molecule has 1 heterocycles. The van der Waals surface area contributed by atoms with E-state index in [9.17, 15) is 37.1 Å². The molecule has 4 rings (SSSR count). The lowest BCUT2D eigenvalue weighted by molar-refractivity contribution is -0.148. The van der Waals surface area contributed by atoms with Crippen LogP contribution in [-0.2, 0) is 23.9 Å². The van der Waals surface area contributed by atoms with Crippen molar-refractivity contribution in [1.29, 1.82) is 0 Å². The molecule has 4 aliphatic rings. The molecule has 10 nitrogen and oxygen atoms in total. The molecule has 3 N–H and O–H groups in total. The normalized spacial score (nSPS) is 26.5. The molecule has 242 valence electrons. The Morgan fingerprint density at radius 3 is 2.14 bits per heavy atom. The van der Waals surface area contributed by atoms with E-state index in [1.807, 2.05) is 13.8 Å². The van der Waals surface area contributed by atoms with Crippen LogP contribution in [-0.4, -0.2) is 77.5 Å². The monoisotopic (exact) mass is 614 g/mol. The third kappa shape index (κ3) is 8.20. The standard InChI is InChI=1S/C30H45F3N4O6/c1-28(2,3)43-27(42)36-21(17-9-7-6-8-10-17)26(41)37-14-18-20(29(18,4)5)22(37)24(39)35-19(13-16-11-12-16)23(38)25(40)34-15-30(31,32)33/h16-22H,6-15H2,1-5H3,(H,34,40)(H,35,39)(H,36,42)/t18?,19?,20-,21-,22-/m0/s1. The van der Waals surface area contributed by atoms with Gasteiger partial charge in [-0.25, -0.2) is 4.79 Å². The van der Waals surface area contributed by atoms with Crippen molar-refractivity contribution in [2.24, 2.45) is 29.1 Å². The van der Waals surface area contributed by atoms with Crippen LogP contribution in [0.15, 0.2) is 0 Å². The Morgan fingerprint density at radius 1 is 0.953 bits per heavy atom. The van der Waals surface area contributed by atoms with Gasteiger partial charge < -0.3 is 25.6 Å². The highest BCUT2D eigenvalue weighted by atomic mass is 19.4. The Morgan fingerprint density at radius 2 is 1.58 bits per heavy atom. The molecular formula is C30H45F3N4O6. The highest BCUT2D eigenvalue weighted by molar-refractivity contribution is 6.38. The Hall–Kier alpha value is -2.86. The first-order valence-corrected chi connectivity index (χ1v) is 15.4. The Bertz CT molecular complexity index is 1110. The first kappa shape index (κ1) is 33.0. The zero-order chi connectivity index (χ0) is 31.9. The second-order valence-electron chi connectivity index (χ2n) is 14.3. The zero-order valence-electron chi connectivity index (χ0n) is 25.6. The largest absolute Gasteiger partial charge is 0.444 e. The minimum Gasteiger partial charge on any atom is -0.444 e. The quantitative estimate of drug-likeness (QED) is 0.323. The van der Waals surface area contributed by atoms with Crippen molar-refractivity contribution in [3.05, 3.63) is 0 Å². The summed E-state index contributed by atoms with van der Waals surface area (Å²) in [6.45, 7) is 7.81. The van der Waals surface area contributed by atoms with Crippen LogP contribution >= 0.6 is 0 Å². The number of ketones is 1. The van der Waals surface area contributed by atoms with E-state index in [2.05, 4.69) is 10.6 Å². The van der Waals surface area contributed by atoms with E-state index < -0.39 is 66.0 Å². The number of Topliss-reactive ketones (excluding diaryl/α,β-unsaturated/α-hetero) is 1. The summed E-state index contributed by atoms with van der Waals surface area (Å²) in [5.74, 6) is -3.81. The Kier molecular flexibility index (Phi) is 9.42. The molecule has 0 spiro atoms. The van der Waals surface area contributed by atoms with Crippen LogP contribution in [0.4, 0.5) is 18.0 Å². The van der Waals surface area contributed by atoms with Crippen molar-refractivity contribution < 1.29 is 41.9 Å². The molecule has 3 saturated carbocycles. The number of carbonyl (C=O) groups is 5. The minimum atomic E-state index is -4.69. The number of hydrogen-bond donors (Lipinski definition) is 3. The molecule has 0 aromatic carbocycles. The number of amides is 4. The fourth-order valence-corrected chi connectivity index (χ4v) is 6.88. The number of nitrogens with one attached hydrogen (secondary N) is 3. The number of rotatable bonds is 10. The van der Waals surface area contributed by atoms with Crippen molar-refractivity contribution in [2.45, 2.75) is 116 Å². The number of halogens is 3. The predicted molar refractivity (Wildman–Crippen MR) is 149 cm³/mol. The van der Waals surface area contributed by atoms with Crippen LogP contribution in [0.5, 0.6) is 0 Å². The van der Waals surface area contributed by atoms with Gasteiger partial charge in [-0.1, -0.05) is 46.0 Å². The van der Waals surface area contributed by atoms with Gasteiger partial charge in [-0.05, 0) is 69.1 Å². The SMILES string of the molecule is CC(C)(C)OC(=O)N[C@H](C(=O)N1CC2[C@@H]([C@H]1C(=O)NC(CC1CC1)C(=O)C(=O)NCC(F)(F)F)C2(C)C)C1CCCCC1. The lowest BCUT2D eigenvalue weighted by atomic mass is 9.83. The lowest BCUT2D eigenvalue weighted by Gasteiger charge is -2.37. The van der Waals surface area contributed by atoms with Gasteiger partial charge in [0, 0.05) is 6.54 Å². The number of alkyl halides is 3. The second kappa shape index (κ2) is 12.3. The van der Waals surface area contributed by atoms with Crippen LogP contribution in [0, 0.1) is 29.1 Å². The van der Waals surface area contributed by atoms with E-state index >= 15 is 0 Å². The van der Waals surface area contributed by atoms with Gasteiger partial charge >= 0.3 is 12.3 Å². The third-order valence-electron chi connectivity index (χ3n) is 9.39. The van der Waals surface area contributed by atoms with Crippen molar-refractivity contribution in [3.63, 3.8) is 0 Å². The van der Waals surface area contributed by atoms with Gasteiger partial charge in [-0.15, -0.1) is 0 Å². The average Bonchev–Trinajstić information content (AvgIpc) is 3.75. The second-order valence-corrected chi connectivity index (χ2v) is 14.3. The van der Waals surface area contributed by atoms with Crippen LogP contribution < -0.4 is 16.0 Å². The van der Waals surface area contributed by atoms with Crippen LogP contribution in [0.1, 0.15) is 86.0 Å². The van der Waals surface area contributed by atoms with Gasteiger partial charge in [-0.2, -0.15) is 13.2 Å². The third-order valence-corrected chi connectivity index (χ3v) is 9.39. The topological polar surface area (TPSA) is 134 Å². The fourth-order valence-electron chi connectivity index (χ4n) is 6.88. The molecule has 5 atom stereocenters. The average molecular weight is 615 g/mol. The number of likely N-dealkylation sites (tertiary alicyclic amines) is 1. The highest BCUT2D eigenvalue weighted by Crippen LogP contribution is 2.65. The molecule has 1 saturated heterocycles. The summed E-state index contributed by atoms with van der Waals surface area (Å²) in [4.78, 5) is 67.6. The first-order valence-electron chi connectivity index (χ1n) is 15.4. The van der Waals surface area contributed by atoms with Gasteiger partial charge in [0.15, 0.2) is 0 Å². The molecule has 4 amide bonds. The smallest absolute Gasteiger partial charge is 0.408 e. The summed E-state index contributed by atoms with van der Waals surface area (Å²) in [5.41, 5.74) is -1.03. The number of alkyl carbamates (subject to hydrolysis) is 1. The molecular weight excluding hydrogens is 569 g/mol. The summed E-state index contributed by atoms with van der Waals surface area (Å²) < 4.78 is 43.4. The molecule has 1 aliphatic heterocycles. The predicted octanol–water partition coefficient (Wildman–Crippen LogP) is 3.48. The van der Waals surface area contributed by atoms with Gasteiger partial charge in [-0.3, -0.25) is 19.2 Å². The van der Waals surface area contributed by atoms with E-state index in [4.69, 9.17) is 4.74 Å². The summed E-state index contributed by atoms with van der Waals surface area (Å²) in [7, 11) is 0. The highest BCUT2D eigenvalue weighted by Gasteiger charge is 2.69. The van der Waals surface area contributed by atoms with E-state index in [1.54, 1.807) is 26.1 Å². The summed E-state index contributed by atoms with van der Waals surface area (Å²) >= 11 is 0.